The molecule has 0 fully saturated rings. The lowest BCUT2D eigenvalue weighted by molar-refractivity contribution is -0.138. The fourth-order valence-electron chi connectivity index (χ4n) is 2.55. The second kappa shape index (κ2) is 9.32. The van der Waals surface area contributed by atoms with Crippen molar-refractivity contribution in [3.63, 3.8) is 0 Å². The largest absolute Gasteiger partial charge is 0.433 e. The number of carbonyl (C=O) groups is 2. The summed E-state index contributed by atoms with van der Waals surface area (Å²) in [7, 11) is 1.41. The van der Waals surface area contributed by atoms with Crippen molar-refractivity contribution in [2.24, 2.45) is 7.05 Å². The van der Waals surface area contributed by atoms with Crippen LogP contribution in [0.4, 0.5) is 33.6 Å². The third kappa shape index (κ3) is 5.31. The molecular weight excluding hydrogens is 481 g/mol. The van der Waals surface area contributed by atoms with Crippen molar-refractivity contribution < 1.29 is 36.3 Å². The van der Waals surface area contributed by atoms with Gasteiger partial charge in [0.05, 0.1) is 21.7 Å². The molecule has 1 aromatic carbocycles. The predicted octanol–water partition coefficient (Wildman–Crippen LogP) is 3.38. The van der Waals surface area contributed by atoms with Crippen molar-refractivity contribution in [1.29, 1.82) is 0 Å². The van der Waals surface area contributed by atoms with E-state index < -0.39 is 52.2 Å². The quantitative estimate of drug-likeness (QED) is 0.506. The van der Waals surface area contributed by atoms with E-state index in [0.29, 0.717) is 6.20 Å². The van der Waals surface area contributed by atoms with Gasteiger partial charge in [0.25, 0.3) is 11.8 Å². The van der Waals surface area contributed by atoms with E-state index in [4.69, 9.17) is 11.6 Å². The molecule has 0 unspecified atom stereocenters. The summed E-state index contributed by atoms with van der Waals surface area (Å²) < 4.78 is 70.7. The van der Waals surface area contributed by atoms with Crippen molar-refractivity contribution >= 4 is 35.1 Å². The van der Waals surface area contributed by atoms with E-state index in [1.165, 1.54) is 7.05 Å². The minimum atomic E-state index is -4.93. The molecule has 0 spiro atoms. The first-order valence-electron chi connectivity index (χ1n) is 8.62. The van der Waals surface area contributed by atoms with Crippen molar-refractivity contribution in [3.8, 4) is 5.75 Å². The molecule has 0 atom stereocenters. The minimum absolute atomic E-state index is 0.0961. The number of aromatic nitrogens is 5. The first-order chi connectivity index (χ1) is 15.5. The van der Waals surface area contributed by atoms with Gasteiger partial charge in [0.1, 0.15) is 5.69 Å². The maximum Gasteiger partial charge on any atom is 0.418 e. The third-order valence-corrected chi connectivity index (χ3v) is 4.41. The lowest BCUT2D eigenvalue weighted by Crippen LogP contribution is -2.21. The van der Waals surface area contributed by atoms with E-state index in [-0.39, 0.29) is 11.5 Å². The molecule has 3 rings (SSSR count). The second-order valence-electron chi connectivity index (χ2n) is 6.13. The summed E-state index contributed by atoms with van der Waals surface area (Å²) >= 11 is 6.14. The monoisotopic (exact) mass is 491 g/mol. The Labute approximate surface area is 185 Å². The Morgan fingerprint density at radius 3 is 2.42 bits per heavy atom. The van der Waals surface area contributed by atoms with Crippen LogP contribution in [-0.4, -0.2) is 43.6 Å². The van der Waals surface area contributed by atoms with Crippen LogP contribution in [0.3, 0.4) is 0 Å². The highest BCUT2D eigenvalue weighted by molar-refractivity contribution is 6.38. The number of aryl methyl sites for hydroxylation is 1. The maximum absolute atomic E-state index is 13.2. The summed E-state index contributed by atoms with van der Waals surface area (Å²) in [5.41, 5.74) is -3.24. The van der Waals surface area contributed by atoms with Crippen LogP contribution >= 0.6 is 11.6 Å². The second-order valence-corrected chi connectivity index (χ2v) is 6.51. The Hall–Kier alpha value is -3.88. The van der Waals surface area contributed by atoms with E-state index in [2.05, 4.69) is 30.6 Å². The molecule has 0 saturated carbocycles. The molecule has 2 aromatic heterocycles. The van der Waals surface area contributed by atoms with Crippen LogP contribution < -0.4 is 15.4 Å². The molecule has 3 aromatic rings. The number of anilines is 2. The zero-order valence-electron chi connectivity index (χ0n) is 16.2. The van der Waals surface area contributed by atoms with Crippen molar-refractivity contribution in [2.75, 3.05) is 10.6 Å². The van der Waals surface area contributed by atoms with Gasteiger partial charge in [-0.25, -0.2) is 4.68 Å². The van der Waals surface area contributed by atoms with Crippen LogP contribution in [0.25, 0.3) is 0 Å². The van der Waals surface area contributed by atoms with Gasteiger partial charge in [0.2, 0.25) is 5.95 Å². The fourth-order valence-corrected chi connectivity index (χ4v) is 2.84. The summed E-state index contributed by atoms with van der Waals surface area (Å²) in [6, 6.07) is 2.66. The molecule has 0 saturated heterocycles. The van der Waals surface area contributed by atoms with Gasteiger partial charge in [0.15, 0.2) is 5.75 Å². The predicted molar refractivity (Wildman–Crippen MR) is 102 cm³/mol. The zero-order chi connectivity index (χ0) is 24.3. The van der Waals surface area contributed by atoms with Crippen LogP contribution in [0.5, 0.6) is 5.75 Å². The molecule has 10 nitrogen and oxygen atoms in total. The number of rotatable bonds is 6. The third-order valence-electron chi connectivity index (χ3n) is 4.02. The number of amides is 2. The first kappa shape index (κ1) is 23.8. The van der Waals surface area contributed by atoms with Crippen molar-refractivity contribution in [1.82, 2.24) is 25.2 Å². The number of pyridine rings is 1. The average molecular weight is 492 g/mol. The number of hydrogen-bond acceptors (Lipinski definition) is 7. The number of halogens is 6. The van der Waals surface area contributed by atoms with Gasteiger partial charge in [-0.1, -0.05) is 16.7 Å². The van der Waals surface area contributed by atoms with Crippen LogP contribution in [0, 0.1) is 0 Å². The number of ether oxygens (including phenoxy) is 1. The molecule has 0 aliphatic carbocycles. The molecule has 2 amide bonds. The minimum Gasteiger partial charge on any atom is -0.433 e. The molecule has 174 valence electrons. The highest BCUT2D eigenvalue weighted by Crippen LogP contribution is 2.38. The Kier molecular flexibility index (Phi) is 6.71. The number of alkyl halides is 5. The van der Waals surface area contributed by atoms with Gasteiger partial charge in [-0.15, -0.1) is 0 Å². The summed E-state index contributed by atoms with van der Waals surface area (Å²) in [4.78, 5) is 28.5. The molecule has 0 aliphatic heterocycles. The number of nitrogens with one attached hydrogen (secondary N) is 2. The van der Waals surface area contributed by atoms with Gasteiger partial charge < -0.3 is 10.1 Å². The number of nitrogens with zero attached hydrogens (tertiary/aromatic N) is 5. The lowest BCUT2D eigenvalue weighted by Gasteiger charge is -2.17. The summed E-state index contributed by atoms with van der Waals surface area (Å²) in [6.45, 7) is -3.37. The van der Waals surface area contributed by atoms with Gasteiger partial charge in [-0.3, -0.25) is 19.9 Å². The number of carbonyl (C=O) groups excluding carboxylic acids is 2. The Bertz CT molecular complexity index is 1200. The summed E-state index contributed by atoms with van der Waals surface area (Å²) in [5, 5.41) is 14.1. The van der Waals surface area contributed by atoms with E-state index >= 15 is 0 Å². The van der Waals surface area contributed by atoms with E-state index in [9.17, 15) is 31.5 Å². The summed E-state index contributed by atoms with van der Waals surface area (Å²) in [5.74, 6) is -3.05. The molecular formula is C17H11ClF5N7O3. The van der Waals surface area contributed by atoms with Crippen LogP contribution in [0.15, 0.2) is 30.6 Å². The molecule has 2 N–H and O–H groups in total. The Morgan fingerprint density at radius 1 is 1.12 bits per heavy atom. The molecule has 33 heavy (non-hydrogen) atoms. The fraction of sp³-hybridized carbons (Fsp3) is 0.176. The van der Waals surface area contributed by atoms with Gasteiger partial charge in [-0.05, 0) is 28.6 Å². The smallest absolute Gasteiger partial charge is 0.418 e. The molecule has 0 radical (unpaired) electrons. The van der Waals surface area contributed by atoms with Gasteiger partial charge >= 0.3 is 12.8 Å². The van der Waals surface area contributed by atoms with E-state index in [0.717, 1.165) is 29.1 Å². The topological polar surface area (TPSA) is 124 Å². The van der Waals surface area contributed by atoms with Crippen LogP contribution in [0.2, 0.25) is 5.02 Å². The molecule has 0 aliphatic rings. The van der Waals surface area contributed by atoms with Crippen molar-refractivity contribution in [3.05, 3.63) is 52.3 Å². The molecule has 2 heterocycles. The highest BCUT2D eigenvalue weighted by atomic mass is 35.5. The van der Waals surface area contributed by atoms with E-state index in [1.807, 2.05) is 5.32 Å². The summed E-state index contributed by atoms with van der Waals surface area (Å²) in [6.07, 6.45) is -3.58. The normalized spacial score (nSPS) is 11.4. The lowest BCUT2D eigenvalue weighted by atomic mass is 10.1. The first-order valence-corrected chi connectivity index (χ1v) is 9.00. The number of benzene rings is 1. The zero-order valence-corrected chi connectivity index (χ0v) is 16.9. The number of hydrogen-bond donors (Lipinski definition) is 2. The van der Waals surface area contributed by atoms with Gasteiger partial charge in [-0.2, -0.15) is 22.0 Å². The van der Waals surface area contributed by atoms with Crippen molar-refractivity contribution in [2.45, 2.75) is 12.8 Å². The van der Waals surface area contributed by atoms with Crippen LogP contribution in [0.1, 0.15) is 26.3 Å². The maximum atomic E-state index is 13.2. The Morgan fingerprint density at radius 2 is 1.82 bits per heavy atom. The number of tetrazole rings is 1. The standard InChI is InChI=1S/C17H11ClF5N7O3/c1-30-16(27-28-29-30)26-14(32)8-2-3-10(33-15(19)20)12(11(8)18)25-13(31)7-4-5-24-6-9(7)17(21,22)23/h2-6,15H,1H3,(H,25,31)(H,26,27,29,32). The SMILES string of the molecule is Cn1nnnc1NC(=O)c1ccc(OC(F)F)c(NC(=O)c2ccncc2C(F)(F)F)c1Cl. The highest BCUT2D eigenvalue weighted by Gasteiger charge is 2.36. The average Bonchev–Trinajstić information content (AvgIpc) is 3.13. The Balaban J connectivity index is 2.01. The van der Waals surface area contributed by atoms with E-state index in [1.54, 1.807) is 0 Å². The molecule has 0 bridgehead atoms. The van der Waals surface area contributed by atoms with Gasteiger partial charge in [0, 0.05) is 19.4 Å². The molecule has 16 heteroatoms. The van der Waals surface area contributed by atoms with Crippen LogP contribution in [-0.2, 0) is 13.2 Å².